The summed E-state index contributed by atoms with van der Waals surface area (Å²) in [4.78, 5) is 22.9. The number of hydrogen-bond donors (Lipinski definition) is 3. The lowest BCUT2D eigenvalue weighted by Gasteiger charge is -2.15. The van der Waals surface area contributed by atoms with Crippen LogP contribution in [0.2, 0.25) is 5.02 Å². The van der Waals surface area contributed by atoms with Gasteiger partial charge in [0.05, 0.1) is 6.54 Å². The second-order valence-electron chi connectivity index (χ2n) is 7.82. The summed E-state index contributed by atoms with van der Waals surface area (Å²) in [6, 6.07) is 22.6. The fraction of sp³-hybridized carbons (Fsp3) is 0.192. The van der Waals surface area contributed by atoms with Gasteiger partial charge in [0.15, 0.2) is 6.10 Å². The summed E-state index contributed by atoms with van der Waals surface area (Å²) in [7, 11) is 0. The normalized spacial score (nSPS) is 14.5. The van der Waals surface area contributed by atoms with Gasteiger partial charge in [-0.25, -0.2) is 4.79 Å². The second-order valence-corrected chi connectivity index (χ2v) is 8.26. The number of nitrogens with one attached hydrogen (secondary N) is 1. The first-order valence-electron chi connectivity index (χ1n) is 10.8. The number of ether oxygens (including phenoxy) is 2. The number of benzene rings is 3. The van der Waals surface area contributed by atoms with Gasteiger partial charge in [-0.1, -0.05) is 54.1 Å². The fourth-order valence-electron chi connectivity index (χ4n) is 3.49. The van der Waals surface area contributed by atoms with Crippen LogP contribution in [0.4, 0.5) is 10.5 Å². The highest BCUT2D eigenvalue weighted by molar-refractivity contribution is 6.30. The fourth-order valence-corrected chi connectivity index (χ4v) is 3.68. The zero-order valence-electron chi connectivity index (χ0n) is 19.1. The molecular weight excluding hydrogens is 470 g/mol. The number of aliphatic carboxylic acids is 1. The standard InChI is InChI=1S/C24H22ClN3O3.C2H4O2/c25-19-9-10-22(18(12-19)11-16-5-2-1-3-6-16)30-15-21-14-28(24(29)31-21)20-8-4-7-17(13-20)23(26)27;1-2(3)4/h1-10,12-13,21H,11,14-15H2,(H3,26,27);1H3,(H,3,4). The van der Waals surface area contributed by atoms with E-state index in [1.54, 1.807) is 30.3 Å². The van der Waals surface area contributed by atoms with E-state index in [0.717, 1.165) is 18.1 Å². The maximum absolute atomic E-state index is 12.4. The van der Waals surface area contributed by atoms with Crippen molar-refractivity contribution in [2.75, 3.05) is 18.1 Å². The van der Waals surface area contributed by atoms with Crippen LogP contribution in [-0.2, 0) is 16.0 Å². The van der Waals surface area contributed by atoms with Gasteiger partial charge < -0.3 is 20.3 Å². The van der Waals surface area contributed by atoms with Crippen molar-refractivity contribution < 1.29 is 24.2 Å². The average molecular weight is 496 g/mol. The van der Waals surface area contributed by atoms with Crippen LogP contribution in [0, 0.1) is 5.41 Å². The first-order valence-corrected chi connectivity index (χ1v) is 11.2. The molecule has 3 aromatic carbocycles. The van der Waals surface area contributed by atoms with Gasteiger partial charge in [-0.15, -0.1) is 0 Å². The lowest BCUT2D eigenvalue weighted by molar-refractivity contribution is -0.134. The van der Waals surface area contributed by atoms with E-state index in [9.17, 15) is 4.79 Å². The zero-order chi connectivity index (χ0) is 25.4. The van der Waals surface area contributed by atoms with Gasteiger partial charge in [0.25, 0.3) is 5.97 Å². The Balaban J connectivity index is 0.000000795. The lowest BCUT2D eigenvalue weighted by atomic mass is 10.0. The molecule has 1 aliphatic heterocycles. The quantitative estimate of drug-likeness (QED) is 0.322. The van der Waals surface area contributed by atoms with Crippen molar-refractivity contribution in [3.05, 3.63) is 94.5 Å². The number of carboxylic acids is 1. The molecule has 0 aliphatic carbocycles. The minimum atomic E-state index is -0.833. The van der Waals surface area contributed by atoms with Gasteiger partial charge >= 0.3 is 6.09 Å². The maximum Gasteiger partial charge on any atom is 0.414 e. The molecule has 35 heavy (non-hydrogen) atoms. The molecule has 0 aromatic heterocycles. The summed E-state index contributed by atoms with van der Waals surface area (Å²) in [5.74, 6) is -0.177. The van der Waals surface area contributed by atoms with E-state index >= 15 is 0 Å². The number of amides is 1. The van der Waals surface area contributed by atoms with Crippen LogP contribution in [0.5, 0.6) is 5.75 Å². The third-order valence-electron chi connectivity index (χ3n) is 5.03. The van der Waals surface area contributed by atoms with Gasteiger partial charge in [0, 0.05) is 29.6 Å². The highest BCUT2D eigenvalue weighted by Gasteiger charge is 2.33. The molecule has 9 heteroatoms. The van der Waals surface area contributed by atoms with Crippen molar-refractivity contribution in [3.63, 3.8) is 0 Å². The van der Waals surface area contributed by atoms with Crippen LogP contribution in [0.15, 0.2) is 72.8 Å². The van der Waals surface area contributed by atoms with E-state index in [1.165, 1.54) is 4.90 Å². The number of cyclic esters (lactones) is 1. The van der Waals surface area contributed by atoms with Crippen LogP contribution in [0.25, 0.3) is 0 Å². The van der Waals surface area contributed by atoms with Gasteiger partial charge in [-0.05, 0) is 41.5 Å². The number of amidine groups is 1. The van der Waals surface area contributed by atoms with E-state index in [-0.39, 0.29) is 12.4 Å². The van der Waals surface area contributed by atoms with Crippen molar-refractivity contribution >= 4 is 35.2 Å². The molecule has 3 aromatic rings. The number of nitrogen functional groups attached to an aromatic ring is 1. The van der Waals surface area contributed by atoms with E-state index in [4.69, 9.17) is 42.1 Å². The Morgan fingerprint density at radius 2 is 1.89 bits per heavy atom. The molecule has 0 radical (unpaired) electrons. The molecule has 1 amide bonds. The monoisotopic (exact) mass is 495 g/mol. The predicted octanol–water partition coefficient (Wildman–Crippen LogP) is 4.71. The highest BCUT2D eigenvalue weighted by Crippen LogP contribution is 2.27. The molecule has 1 atom stereocenters. The molecule has 0 bridgehead atoms. The second kappa shape index (κ2) is 11.9. The Hall–Kier alpha value is -4.04. The van der Waals surface area contributed by atoms with E-state index in [0.29, 0.717) is 35.0 Å². The van der Waals surface area contributed by atoms with Gasteiger partial charge in [0.1, 0.15) is 18.2 Å². The molecular formula is C26H26ClN3O5. The van der Waals surface area contributed by atoms with Crippen molar-refractivity contribution in [2.24, 2.45) is 5.73 Å². The topological polar surface area (TPSA) is 126 Å². The van der Waals surface area contributed by atoms with Crippen molar-refractivity contribution in [2.45, 2.75) is 19.4 Å². The van der Waals surface area contributed by atoms with Crippen LogP contribution in [0.3, 0.4) is 0 Å². The van der Waals surface area contributed by atoms with Crippen molar-refractivity contribution in [1.29, 1.82) is 5.41 Å². The van der Waals surface area contributed by atoms with E-state index < -0.39 is 18.2 Å². The Morgan fingerprint density at radius 1 is 1.17 bits per heavy atom. The molecule has 0 saturated carbocycles. The molecule has 1 heterocycles. The van der Waals surface area contributed by atoms with Crippen molar-refractivity contribution in [1.82, 2.24) is 0 Å². The predicted molar refractivity (Wildman–Crippen MR) is 135 cm³/mol. The summed E-state index contributed by atoms with van der Waals surface area (Å²) < 4.78 is 11.5. The number of anilines is 1. The number of nitrogens with zero attached hydrogens (tertiary/aromatic N) is 1. The smallest absolute Gasteiger partial charge is 0.414 e. The third-order valence-corrected chi connectivity index (χ3v) is 5.26. The number of carbonyl (C=O) groups excluding carboxylic acids is 1. The lowest BCUT2D eigenvalue weighted by Crippen LogP contribution is -2.27. The molecule has 1 unspecified atom stereocenters. The average Bonchev–Trinajstić information content (AvgIpc) is 3.19. The first-order chi connectivity index (χ1) is 16.7. The number of carbonyl (C=O) groups is 2. The summed E-state index contributed by atoms with van der Waals surface area (Å²) in [6.45, 7) is 1.65. The van der Waals surface area contributed by atoms with E-state index in [2.05, 4.69) is 12.1 Å². The van der Waals surface area contributed by atoms with Crippen molar-refractivity contribution in [3.8, 4) is 5.75 Å². The highest BCUT2D eigenvalue weighted by atomic mass is 35.5. The number of halogens is 1. The summed E-state index contributed by atoms with van der Waals surface area (Å²) in [5.41, 5.74) is 8.86. The van der Waals surface area contributed by atoms with Gasteiger partial charge in [0.2, 0.25) is 0 Å². The molecule has 4 N–H and O–H groups in total. The minimum absolute atomic E-state index is 0.0528. The van der Waals surface area contributed by atoms with Crippen LogP contribution in [-0.4, -0.2) is 42.3 Å². The molecule has 182 valence electrons. The first kappa shape index (κ1) is 25.6. The SMILES string of the molecule is CC(=O)O.N=C(N)c1cccc(N2CC(COc3ccc(Cl)cc3Cc3ccccc3)OC2=O)c1. The summed E-state index contributed by atoms with van der Waals surface area (Å²) in [6.07, 6.45) is -0.186. The molecule has 4 rings (SSSR count). The Labute approximate surface area is 208 Å². The molecule has 1 saturated heterocycles. The Morgan fingerprint density at radius 3 is 2.57 bits per heavy atom. The number of nitrogens with two attached hydrogens (primary N) is 1. The largest absolute Gasteiger partial charge is 0.489 e. The summed E-state index contributed by atoms with van der Waals surface area (Å²) >= 11 is 6.20. The van der Waals surface area contributed by atoms with Crippen LogP contribution < -0.4 is 15.4 Å². The summed E-state index contributed by atoms with van der Waals surface area (Å²) in [5, 5.41) is 15.6. The third kappa shape index (κ3) is 7.48. The Bertz CT molecular complexity index is 1200. The van der Waals surface area contributed by atoms with Crippen LogP contribution in [0.1, 0.15) is 23.6 Å². The maximum atomic E-state index is 12.4. The molecule has 1 fully saturated rings. The zero-order valence-corrected chi connectivity index (χ0v) is 19.9. The van der Waals surface area contributed by atoms with Gasteiger partial charge in [-0.2, -0.15) is 0 Å². The van der Waals surface area contributed by atoms with Crippen LogP contribution >= 0.6 is 11.6 Å². The number of hydrogen-bond acceptors (Lipinski definition) is 5. The molecule has 8 nitrogen and oxygen atoms in total. The van der Waals surface area contributed by atoms with E-state index in [1.807, 2.05) is 30.3 Å². The minimum Gasteiger partial charge on any atom is -0.489 e. The number of carboxylic acid groups (broad SMARTS) is 1. The number of rotatable bonds is 7. The Kier molecular flexibility index (Phi) is 8.69. The van der Waals surface area contributed by atoms with Gasteiger partial charge in [-0.3, -0.25) is 15.1 Å². The molecule has 1 aliphatic rings. The molecule has 0 spiro atoms.